The van der Waals surface area contributed by atoms with E-state index in [1.807, 2.05) is 0 Å². The van der Waals surface area contributed by atoms with E-state index in [9.17, 15) is 0 Å². The number of hydrogen-bond acceptors (Lipinski definition) is 0. The van der Waals surface area contributed by atoms with Gasteiger partial charge in [0.15, 0.2) is 0 Å². The molecule has 0 aliphatic carbocycles. The number of hydrogen-bond donors (Lipinski definition) is 0. The maximum atomic E-state index is 2.31. The van der Waals surface area contributed by atoms with Gasteiger partial charge in [0.1, 0.15) is 0 Å². The van der Waals surface area contributed by atoms with Gasteiger partial charge < -0.3 is 0 Å². The van der Waals surface area contributed by atoms with Crippen LogP contribution in [0.3, 0.4) is 0 Å². The smallest absolute Gasteiger partial charge is 0.0348 e. The van der Waals surface area contributed by atoms with E-state index in [1.165, 1.54) is 63.4 Å². The molecule has 0 aliphatic heterocycles. The van der Waals surface area contributed by atoms with E-state index in [0.717, 1.165) is 0 Å². The van der Waals surface area contributed by atoms with Gasteiger partial charge in [-0.3, -0.25) is 0 Å². The van der Waals surface area contributed by atoms with Gasteiger partial charge in [-0.15, -0.1) is 0 Å². The van der Waals surface area contributed by atoms with E-state index in [1.54, 1.807) is 0 Å². The summed E-state index contributed by atoms with van der Waals surface area (Å²) in [6, 6.07) is 0. The molecule has 0 saturated carbocycles. The first-order chi connectivity index (χ1) is 7.81. The third kappa shape index (κ3) is 11.6. The van der Waals surface area contributed by atoms with Gasteiger partial charge in [0, 0.05) is 0 Å². The molecule has 0 N–H and O–H groups in total. The lowest BCUT2D eigenvalue weighted by Gasteiger charge is -1.99. The monoisotopic (exact) mass is 222 g/mol. The van der Waals surface area contributed by atoms with Crippen molar-refractivity contribution in [2.24, 2.45) is 0 Å². The molecule has 0 radical (unpaired) electrons. The van der Waals surface area contributed by atoms with Gasteiger partial charge in [-0.05, 0) is 26.7 Å². The second kappa shape index (κ2) is 12.5. The molecule has 0 aromatic rings. The van der Waals surface area contributed by atoms with Gasteiger partial charge in [-0.2, -0.15) is 0 Å². The lowest BCUT2D eigenvalue weighted by atomic mass is 10.1. The van der Waals surface area contributed by atoms with Gasteiger partial charge in [-0.1, -0.05) is 75.7 Å². The minimum Gasteiger partial charge on any atom is -0.0847 e. The fourth-order valence-corrected chi connectivity index (χ4v) is 1.76. The van der Waals surface area contributed by atoms with Crippen molar-refractivity contribution in [2.75, 3.05) is 0 Å². The minimum atomic E-state index is 1.25. The molecule has 0 aromatic carbocycles. The Labute approximate surface area is 103 Å². The first-order valence-electron chi connectivity index (χ1n) is 7.10. The Balaban J connectivity index is 3.13. The molecule has 0 rings (SSSR count). The first kappa shape index (κ1) is 15.5. The zero-order valence-electron chi connectivity index (χ0n) is 11.6. The molecule has 16 heavy (non-hydrogen) atoms. The van der Waals surface area contributed by atoms with Gasteiger partial charge in [-0.25, -0.2) is 0 Å². The van der Waals surface area contributed by atoms with Crippen LogP contribution in [-0.2, 0) is 0 Å². The second-order valence-electron chi connectivity index (χ2n) is 4.70. The van der Waals surface area contributed by atoms with Crippen molar-refractivity contribution < 1.29 is 0 Å². The summed E-state index contributed by atoms with van der Waals surface area (Å²) in [6.45, 7) is 6.53. The molecule has 0 atom stereocenters. The van der Waals surface area contributed by atoms with E-state index < -0.39 is 0 Å². The molecule has 0 amide bonds. The SMILES string of the molecule is CC=C(C)C=CCCCCCCCCCC. The minimum absolute atomic E-state index is 1.25. The summed E-state index contributed by atoms with van der Waals surface area (Å²) in [5.41, 5.74) is 1.37. The topological polar surface area (TPSA) is 0 Å². The lowest BCUT2D eigenvalue weighted by molar-refractivity contribution is 0.577. The summed E-state index contributed by atoms with van der Waals surface area (Å²) in [6.07, 6.45) is 19.3. The van der Waals surface area contributed by atoms with E-state index in [4.69, 9.17) is 0 Å². The largest absolute Gasteiger partial charge is 0.0847 e. The maximum Gasteiger partial charge on any atom is -0.0348 e. The molecule has 0 spiro atoms. The Kier molecular flexibility index (Phi) is 12.1. The zero-order chi connectivity index (χ0) is 12.1. The predicted molar refractivity (Wildman–Crippen MR) is 75.8 cm³/mol. The number of unbranched alkanes of at least 4 members (excludes halogenated alkanes) is 8. The molecule has 0 saturated heterocycles. The molecule has 0 bridgehead atoms. The van der Waals surface area contributed by atoms with Crippen LogP contribution in [0, 0.1) is 0 Å². The zero-order valence-corrected chi connectivity index (χ0v) is 11.6. The third-order valence-electron chi connectivity index (χ3n) is 3.06. The molecule has 0 aliphatic rings. The highest BCUT2D eigenvalue weighted by Gasteiger charge is 1.90. The molecular formula is C16H30. The van der Waals surface area contributed by atoms with Crippen molar-refractivity contribution >= 4 is 0 Å². The second-order valence-corrected chi connectivity index (χ2v) is 4.70. The van der Waals surface area contributed by atoms with Crippen molar-refractivity contribution in [3.05, 3.63) is 23.8 Å². The van der Waals surface area contributed by atoms with Crippen LogP contribution in [-0.4, -0.2) is 0 Å². The Hall–Kier alpha value is -0.520. The molecule has 0 nitrogen and oxygen atoms in total. The van der Waals surface area contributed by atoms with Crippen molar-refractivity contribution in [1.82, 2.24) is 0 Å². The van der Waals surface area contributed by atoms with Crippen molar-refractivity contribution in [3.8, 4) is 0 Å². The van der Waals surface area contributed by atoms with Crippen LogP contribution in [0.2, 0.25) is 0 Å². The number of allylic oxidation sites excluding steroid dienone is 4. The van der Waals surface area contributed by atoms with E-state index in [-0.39, 0.29) is 0 Å². The molecule has 0 heteroatoms. The highest BCUT2D eigenvalue weighted by Crippen LogP contribution is 2.10. The predicted octanol–water partition coefficient (Wildman–Crippen LogP) is 6.04. The highest BCUT2D eigenvalue weighted by atomic mass is 14.0. The molecule has 0 fully saturated rings. The van der Waals surface area contributed by atoms with Crippen LogP contribution in [0.15, 0.2) is 23.8 Å². The third-order valence-corrected chi connectivity index (χ3v) is 3.06. The summed E-state index contributed by atoms with van der Waals surface area (Å²) in [7, 11) is 0. The highest BCUT2D eigenvalue weighted by molar-refractivity contribution is 5.14. The Morgan fingerprint density at radius 1 is 0.875 bits per heavy atom. The van der Waals surface area contributed by atoms with Crippen molar-refractivity contribution in [1.29, 1.82) is 0 Å². The van der Waals surface area contributed by atoms with Crippen LogP contribution in [0.25, 0.3) is 0 Å². The summed E-state index contributed by atoms with van der Waals surface area (Å²) in [5, 5.41) is 0. The van der Waals surface area contributed by atoms with Crippen molar-refractivity contribution in [3.63, 3.8) is 0 Å². The number of rotatable bonds is 10. The summed E-state index contributed by atoms with van der Waals surface area (Å²) in [4.78, 5) is 0. The van der Waals surface area contributed by atoms with Crippen LogP contribution in [0.5, 0.6) is 0 Å². The van der Waals surface area contributed by atoms with Crippen LogP contribution in [0.4, 0.5) is 0 Å². The first-order valence-corrected chi connectivity index (χ1v) is 7.10. The Morgan fingerprint density at radius 3 is 2.00 bits per heavy atom. The Bertz CT molecular complexity index is 186. The average molecular weight is 222 g/mol. The molecular weight excluding hydrogens is 192 g/mol. The van der Waals surface area contributed by atoms with Crippen LogP contribution in [0.1, 0.15) is 78.6 Å². The average Bonchev–Trinajstić information content (AvgIpc) is 2.31. The molecule has 0 unspecified atom stereocenters. The van der Waals surface area contributed by atoms with Gasteiger partial charge in [0.2, 0.25) is 0 Å². The standard InChI is InChI=1S/C16H30/c1-4-6-7-8-9-10-11-12-13-14-15-16(3)5-2/h5,14-15H,4,6-13H2,1-3H3. The summed E-state index contributed by atoms with van der Waals surface area (Å²) in [5.74, 6) is 0. The van der Waals surface area contributed by atoms with E-state index in [2.05, 4.69) is 39.0 Å². The fraction of sp³-hybridized carbons (Fsp3) is 0.750. The summed E-state index contributed by atoms with van der Waals surface area (Å²) < 4.78 is 0. The van der Waals surface area contributed by atoms with Gasteiger partial charge in [0.25, 0.3) is 0 Å². The fourth-order valence-electron chi connectivity index (χ4n) is 1.76. The maximum absolute atomic E-state index is 2.31. The lowest BCUT2D eigenvalue weighted by Crippen LogP contribution is -1.80. The normalized spacial score (nSPS) is 12.6. The van der Waals surface area contributed by atoms with Crippen molar-refractivity contribution in [2.45, 2.75) is 78.6 Å². The van der Waals surface area contributed by atoms with E-state index in [0.29, 0.717) is 0 Å². The molecule has 0 aromatic heterocycles. The van der Waals surface area contributed by atoms with Gasteiger partial charge >= 0.3 is 0 Å². The summed E-state index contributed by atoms with van der Waals surface area (Å²) >= 11 is 0. The van der Waals surface area contributed by atoms with Gasteiger partial charge in [0.05, 0.1) is 0 Å². The Morgan fingerprint density at radius 2 is 1.44 bits per heavy atom. The molecule has 94 valence electrons. The quantitative estimate of drug-likeness (QED) is 0.312. The van der Waals surface area contributed by atoms with E-state index >= 15 is 0 Å². The van der Waals surface area contributed by atoms with Crippen LogP contribution < -0.4 is 0 Å². The van der Waals surface area contributed by atoms with Crippen LogP contribution >= 0.6 is 0 Å². The molecule has 0 heterocycles.